The van der Waals surface area contributed by atoms with E-state index in [-0.39, 0.29) is 0 Å². The highest BCUT2D eigenvalue weighted by atomic mass is 16.5. The van der Waals surface area contributed by atoms with Crippen LogP contribution in [0.3, 0.4) is 0 Å². The van der Waals surface area contributed by atoms with E-state index in [1.54, 1.807) is 6.92 Å². The molecule has 1 unspecified atom stereocenters. The van der Waals surface area contributed by atoms with E-state index >= 15 is 0 Å². The summed E-state index contributed by atoms with van der Waals surface area (Å²) in [5, 5.41) is 12.4. The van der Waals surface area contributed by atoms with Crippen molar-refractivity contribution in [1.29, 1.82) is 0 Å². The normalized spacial score (nSPS) is 13.8. The molecule has 0 aromatic heterocycles. The average Bonchev–Trinajstić information content (AvgIpc) is 2.35. The van der Waals surface area contributed by atoms with Gasteiger partial charge in [-0.3, -0.25) is 4.79 Å². The lowest BCUT2D eigenvalue weighted by Crippen LogP contribution is -2.50. The molecule has 0 fully saturated rings. The first-order chi connectivity index (χ1) is 9.37. The van der Waals surface area contributed by atoms with Gasteiger partial charge in [-0.05, 0) is 57.0 Å². The standard InChI is InChI=1S/C16H25NO3/c1-5-7-17-16(4,15(18)19)6-8-20-14-10-12(2)9-13(3)11-14/h9-11,17H,5-8H2,1-4H3,(H,18,19). The number of aryl methyl sites for hydroxylation is 2. The summed E-state index contributed by atoms with van der Waals surface area (Å²) in [5.41, 5.74) is 1.35. The highest BCUT2D eigenvalue weighted by molar-refractivity contribution is 5.78. The molecule has 0 amide bonds. The number of carboxylic acids is 1. The molecule has 1 aromatic rings. The second-order valence-electron chi connectivity index (χ2n) is 5.49. The number of hydrogen-bond acceptors (Lipinski definition) is 3. The van der Waals surface area contributed by atoms with Crippen LogP contribution in [0, 0.1) is 13.8 Å². The van der Waals surface area contributed by atoms with Crippen LogP contribution in [-0.2, 0) is 4.79 Å². The van der Waals surface area contributed by atoms with Crippen molar-refractivity contribution in [3.8, 4) is 5.75 Å². The van der Waals surface area contributed by atoms with Gasteiger partial charge in [0.1, 0.15) is 11.3 Å². The predicted molar refractivity (Wildman–Crippen MR) is 80.4 cm³/mol. The number of benzene rings is 1. The summed E-state index contributed by atoms with van der Waals surface area (Å²) in [5.74, 6) is -0.0410. The Hall–Kier alpha value is -1.55. The van der Waals surface area contributed by atoms with Crippen molar-refractivity contribution in [3.05, 3.63) is 29.3 Å². The topological polar surface area (TPSA) is 58.6 Å². The molecule has 112 valence electrons. The Bertz CT molecular complexity index is 439. The van der Waals surface area contributed by atoms with E-state index in [9.17, 15) is 9.90 Å². The SMILES string of the molecule is CCCNC(C)(CCOc1cc(C)cc(C)c1)C(=O)O. The molecule has 4 heteroatoms. The Morgan fingerprint density at radius 2 is 1.90 bits per heavy atom. The number of carbonyl (C=O) groups is 1. The Labute approximate surface area is 121 Å². The number of ether oxygens (including phenoxy) is 1. The van der Waals surface area contributed by atoms with Gasteiger partial charge in [0, 0.05) is 6.42 Å². The Kier molecular flexibility index (Phi) is 6.02. The summed E-state index contributed by atoms with van der Waals surface area (Å²) in [6.45, 7) is 8.82. The van der Waals surface area contributed by atoms with E-state index in [4.69, 9.17) is 4.74 Å². The average molecular weight is 279 g/mol. The van der Waals surface area contributed by atoms with Crippen molar-refractivity contribution in [1.82, 2.24) is 5.32 Å². The maximum Gasteiger partial charge on any atom is 0.323 e. The third-order valence-electron chi connectivity index (χ3n) is 3.30. The third-order valence-corrected chi connectivity index (χ3v) is 3.30. The molecule has 0 bridgehead atoms. The Balaban J connectivity index is 2.58. The number of hydrogen-bond donors (Lipinski definition) is 2. The molecule has 0 aliphatic heterocycles. The molecule has 0 aliphatic carbocycles. The maximum absolute atomic E-state index is 11.4. The summed E-state index contributed by atoms with van der Waals surface area (Å²) >= 11 is 0. The van der Waals surface area contributed by atoms with E-state index in [1.165, 1.54) is 0 Å². The van der Waals surface area contributed by atoms with Crippen LogP contribution in [0.5, 0.6) is 5.75 Å². The summed E-state index contributed by atoms with van der Waals surface area (Å²) in [4.78, 5) is 11.4. The van der Waals surface area contributed by atoms with Crippen LogP contribution in [-0.4, -0.2) is 29.8 Å². The summed E-state index contributed by atoms with van der Waals surface area (Å²) < 4.78 is 5.69. The van der Waals surface area contributed by atoms with Crippen molar-refractivity contribution in [2.24, 2.45) is 0 Å². The molecule has 1 atom stereocenters. The largest absolute Gasteiger partial charge is 0.493 e. The van der Waals surface area contributed by atoms with Crippen LogP contribution in [0.1, 0.15) is 37.8 Å². The maximum atomic E-state index is 11.4. The van der Waals surface area contributed by atoms with Crippen molar-refractivity contribution >= 4 is 5.97 Å². The van der Waals surface area contributed by atoms with Gasteiger partial charge in [0.15, 0.2) is 0 Å². The molecular weight excluding hydrogens is 254 g/mol. The summed E-state index contributed by atoms with van der Waals surface area (Å²) in [7, 11) is 0. The summed E-state index contributed by atoms with van der Waals surface area (Å²) in [6, 6.07) is 6.01. The first kappa shape index (κ1) is 16.5. The fraction of sp³-hybridized carbons (Fsp3) is 0.562. The van der Waals surface area contributed by atoms with Gasteiger partial charge in [-0.15, -0.1) is 0 Å². The van der Waals surface area contributed by atoms with Gasteiger partial charge in [0.25, 0.3) is 0 Å². The van der Waals surface area contributed by atoms with Crippen LogP contribution >= 0.6 is 0 Å². The number of nitrogens with one attached hydrogen (secondary N) is 1. The molecule has 0 heterocycles. The fourth-order valence-electron chi connectivity index (χ4n) is 2.06. The number of carboxylic acid groups (broad SMARTS) is 1. The van der Waals surface area contributed by atoms with Gasteiger partial charge < -0.3 is 15.2 Å². The van der Waals surface area contributed by atoms with E-state index in [2.05, 4.69) is 11.4 Å². The number of rotatable bonds is 8. The summed E-state index contributed by atoms with van der Waals surface area (Å²) in [6.07, 6.45) is 1.33. The van der Waals surface area contributed by atoms with Crippen LogP contribution in [0.4, 0.5) is 0 Å². The minimum atomic E-state index is -0.936. The molecular formula is C16H25NO3. The fourth-order valence-corrected chi connectivity index (χ4v) is 2.06. The van der Waals surface area contributed by atoms with Gasteiger partial charge in [-0.25, -0.2) is 0 Å². The smallest absolute Gasteiger partial charge is 0.323 e. The zero-order valence-electron chi connectivity index (χ0n) is 12.8. The first-order valence-electron chi connectivity index (χ1n) is 7.07. The molecule has 0 radical (unpaired) electrons. The highest BCUT2D eigenvalue weighted by Crippen LogP contribution is 2.18. The van der Waals surface area contributed by atoms with Crippen LogP contribution in [0.25, 0.3) is 0 Å². The Morgan fingerprint density at radius 3 is 2.40 bits per heavy atom. The van der Waals surface area contributed by atoms with E-state index in [0.29, 0.717) is 19.6 Å². The van der Waals surface area contributed by atoms with Gasteiger partial charge >= 0.3 is 5.97 Å². The van der Waals surface area contributed by atoms with Gasteiger partial charge in [-0.1, -0.05) is 13.0 Å². The molecule has 1 rings (SSSR count). The minimum Gasteiger partial charge on any atom is -0.493 e. The molecule has 1 aromatic carbocycles. The zero-order chi connectivity index (χ0) is 15.2. The lowest BCUT2D eigenvalue weighted by molar-refractivity contribution is -0.144. The van der Waals surface area contributed by atoms with Crippen molar-refractivity contribution < 1.29 is 14.6 Å². The van der Waals surface area contributed by atoms with Crippen LogP contribution < -0.4 is 10.1 Å². The van der Waals surface area contributed by atoms with Crippen molar-refractivity contribution in [2.75, 3.05) is 13.2 Å². The van der Waals surface area contributed by atoms with E-state index in [1.807, 2.05) is 32.9 Å². The number of aliphatic carboxylic acids is 1. The molecule has 20 heavy (non-hydrogen) atoms. The van der Waals surface area contributed by atoms with Crippen LogP contribution in [0.15, 0.2) is 18.2 Å². The predicted octanol–water partition coefficient (Wildman–Crippen LogP) is 2.92. The van der Waals surface area contributed by atoms with Gasteiger partial charge in [0.2, 0.25) is 0 Å². The Morgan fingerprint density at radius 1 is 1.30 bits per heavy atom. The van der Waals surface area contributed by atoms with E-state index < -0.39 is 11.5 Å². The molecule has 2 N–H and O–H groups in total. The van der Waals surface area contributed by atoms with Gasteiger partial charge in [0.05, 0.1) is 6.61 Å². The highest BCUT2D eigenvalue weighted by Gasteiger charge is 2.31. The molecule has 0 spiro atoms. The molecule has 0 aliphatic rings. The quantitative estimate of drug-likeness (QED) is 0.768. The lowest BCUT2D eigenvalue weighted by atomic mass is 9.98. The van der Waals surface area contributed by atoms with E-state index in [0.717, 1.165) is 23.3 Å². The molecule has 0 saturated heterocycles. The third kappa shape index (κ3) is 4.85. The second kappa shape index (κ2) is 7.29. The van der Waals surface area contributed by atoms with Gasteiger partial charge in [-0.2, -0.15) is 0 Å². The molecule has 0 saturated carbocycles. The minimum absolute atomic E-state index is 0.377. The zero-order valence-corrected chi connectivity index (χ0v) is 12.8. The van der Waals surface area contributed by atoms with Crippen molar-refractivity contribution in [3.63, 3.8) is 0 Å². The lowest BCUT2D eigenvalue weighted by Gasteiger charge is -2.26. The first-order valence-corrected chi connectivity index (χ1v) is 7.07. The monoisotopic (exact) mass is 279 g/mol. The molecule has 4 nitrogen and oxygen atoms in total. The van der Waals surface area contributed by atoms with Crippen LogP contribution in [0.2, 0.25) is 0 Å². The second-order valence-corrected chi connectivity index (χ2v) is 5.49. The van der Waals surface area contributed by atoms with Crippen molar-refractivity contribution in [2.45, 2.75) is 46.1 Å².